The molecule has 53 heavy (non-hydrogen) atoms. The van der Waals surface area contributed by atoms with E-state index in [4.69, 9.17) is 9.97 Å². The van der Waals surface area contributed by atoms with E-state index < -0.39 is 0 Å². The predicted octanol–water partition coefficient (Wildman–Crippen LogP) is 13.4. The van der Waals surface area contributed by atoms with E-state index in [2.05, 4.69) is 190 Å². The summed E-state index contributed by atoms with van der Waals surface area (Å²) in [6, 6.07) is 65.4. The van der Waals surface area contributed by atoms with Crippen molar-refractivity contribution in [1.82, 2.24) is 9.97 Å². The lowest BCUT2D eigenvalue weighted by Crippen LogP contribution is -2.14. The minimum Gasteiger partial charge on any atom is -0.228 e. The van der Waals surface area contributed by atoms with Gasteiger partial charge in [-0.25, -0.2) is 9.97 Å². The minimum atomic E-state index is -0.131. The fourth-order valence-corrected chi connectivity index (χ4v) is 8.48. The normalized spacial score (nSPS) is 12.9. The Labute approximate surface area is 310 Å². The topological polar surface area (TPSA) is 25.8 Å². The van der Waals surface area contributed by atoms with E-state index in [9.17, 15) is 0 Å². The van der Waals surface area contributed by atoms with Gasteiger partial charge < -0.3 is 0 Å². The highest BCUT2D eigenvalue weighted by atomic mass is 14.9. The van der Waals surface area contributed by atoms with Crippen molar-refractivity contribution >= 4 is 21.5 Å². The van der Waals surface area contributed by atoms with Gasteiger partial charge in [0.25, 0.3) is 0 Å². The molecule has 1 aliphatic carbocycles. The van der Waals surface area contributed by atoms with E-state index >= 15 is 0 Å². The van der Waals surface area contributed by atoms with Crippen LogP contribution in [0.15, 0.2) is 182 Å². The third kappa shape index (κ3) is 5.10. The SMILES string of the molecule is CC1(C)c2cc3ccccc3cc2-c2c(-c3ccccc3-c3cc(-c4ccccc4-c4cccc5ccccc45)nc(-c4ccccc4)n3)cccc21. The van der Waals surface area contributed by atoms with Crippen LogP contribution in [-0.2, 0) is 5.41 Å². The zero-order valence-corrected chi connectivity index (χ0v) is 29.7. The molecule has 2 heteroatoms. The summed E-state index contributed by atoms with van der Waals surface area (Å²) >= 11 is 0. The van der Waals surface area contributed by atoms with Crippen LogP contribution in [0.4, 0.5) is 0 Å². The average Bonchev–Trinajstić information content (AvgIpc) is 3.45. The summed E-state index contributed by atoms with van der Waals surface area (Å²) in [7, 11) is 0. The Balaban J connectivity index is 1.21. The Hall–Kier alpha value is -6.64. The summed E-state index contributed by atoms with van der Waals surface area (Å²) < 4.78 is 0. The summed E-state index contributed by atoms with van der Waals surface area (Å²) in [4.78, 5) is 10.6. The molecule has 10 rings (SSSR count). The third-order valence-electron chi connectivity index (χ3n) is 11.1. The van der Waals surface area contributed by atoms with E-state index in [1.54, 1.807) is 0 Å². The van der Waals surface area contributed by atoms with Gasteiger partial charge >= 0.3 is 0 Å². The van der Waals surface area contributed by atoms with Crippen LogP contribution in [0.3, 0.4) is 0 Å². The molecule has 2 nitrogen and oxygen atoms in total. The molecule has 1 aromatic heterocycles. The lowest BCUT2D eigenvalue weighted by Gasteiger charge is -2.22. The highest BCUT2D eigenvalue weighted by Gasteiger charge is 2.37. The average molecular weight is 677 g/mol. The number of hydrogen-bond acceptors (Lipinski definition) is 2. The molecule has 0 fully saturated rings. The van der Waals surface area contributed by atoms with Gasteiger partial charge in [-0.05, 0) is 84.3 Å². The molecule has 1 heterocycles. The van der Waals surface area contributed by atoms with Crippen molar-refractivity contribution in [3.63, 3.8) is 0 Å². The second-order valence-electron chi connectivity index (χ2n) is 14.5. The Bertz CT molecular complexity index is 2860. The second-order valence-corrected chi connectivity index (χ2v) is 14.5. The fourth-order valence-electron chi connectivity index (χ4n) is 8.48. The van der Waals surface area contributed by atoms with Crippen LogP contribution >= 0.6 is 0 Å². The maximum absolute atomic E-state index is 5.33. The van der Waals surface area contributed by atoms with Crippen molar-refractivity contribution in [3.05, 3.63) is 193 Å². The monoisotopic (exact) mass is 676 g/mol. The summed E-state index contributed by atoms with van der Waals surface area (Å²) in [5, 5.41) is 4.98. The van der Waals surface area contributed by atoms with E-state index in [1.807, 2.05) is 6.07 Å². The molecule has 0 amide bonds. The highest BCUT2D eigenvalue weighted by Crippen LogP contribution is 2.54. The molecule has 0 bridgehead atoms. The largest absolute Gasteiger partial charge is 0.228 e. The van der Waals surface area contributed by atoms with Crippen LogP contribution < -0.4 is 0 Å². The zero-order chi connectivity index (χ0) is 35.5. The first-order valence-electron chi connectivity index (χ1n) is 18.3. The first kappa shape index (κ1) is 31.1. The molecule has 0 saturated carbocycles. The van der Waals surface area contributed by atoms with Gasteiger partial charge in [-0.15, -0.1) is 0 Å². The standard InChI is InChI=1S/C51H36N2/c1-51(2)45-29-15-28-43(49(45)44-30-35-19-6-7-20-36(35)31-46(44)51)40-24-11-13-26-42(40)48-32-47(52-50(53-48)34-17-4-3-5-18-34)41-25-12-10-23-39(41)38-27-14-21-33-16-8-9-22-37(33)38/h3-32H,1-2H3. The molecule has 0 unspecified atom stereocenters. The van der Waals surface area contributed by atoms with Crippen molar-refractivity contribution in [3.8, 4) is 67.3 Å². The maximum atomic E-state index is 5.33. The van der Waals surface area contributed by atoms with Crippen molar-refractivity contribution < 1.29 is 0 Å². The Morgan fingerprint density at radius 1 is 0.358 bits per heavy atom. The van der Waals surface area contributed by atoms with E-state index in [0.29, 0.717) is 5.82 Å². The van der Waals surface area contributed by atoms with Gasteiger partial charge in [-0.3, -0.25) is 0 Å². The van der Waals surface area contributed by atoms with Crippen molar-refractivity contribution in [2.24, 2.45) is 0 Å². The molecule has 1 aliphatic rings. The lowest BCUT2D eigenvalue weighted by molar-refractivity contribution is 0.661. The molecule has 0 atom stereocenters. The maximum Gasteiger partial charge on any atom is 0.160 e. The van der Waals surface area contributed by atoms with Gasteiger partial charge in [-0.1, -0.05) is 178 Å². The molecule has 0 spiro atoms. The fraction of sp³-hybridized carbons (Fsp3) is 0.0588. The first-order valence-corrected chi connectivity index (χ1v) is 18.3. The van der Waals surface area contributed by atoms with E-state index in [0.717, 1.165) is 39.2 Å². The zero-order valence-electron chi connectivity index (χ0n) is 29.7. The molecular weight excluding hydrogens is 641 g/mol. The quantitative estimate of drug-likeness (QED) is 0.181. The second kappa shape index (κ2) is 12.3. The molecule has 0 aliphatic heterocycles. The van der Waals surface area contributed by atoms with Crippen LogP contribution in [0.1, 0.15) is 25.0 Å². The van der Waals surface area contributed by atoms with Crippen LogP contribution in [0.5, 0.6) is 0 Å². The van der Waals surface area contributed by atoms with Crippen molar-refractivity contribution in [1.29, 1.82) is 0 Å². The lowest BCUT2D eigenvalue weighted by atomic mass is 9.81. The number of fused-ring (bicyclic) bond motifs is 5. The van der Waals surface area contributed by atoms with Gasteiger partial charge in [0, 0.05) is 22.1 Å². The molecule has 9 aromatic rings. The highest BCUT2D eigenvalue weighted by molar-refractivity contribution is 6.02. The van der Waals surface area contributed by atoms with Crippen LogP contribution in [0.2, 0.25) is 0 Å². The molecular formula is C51H36N2. The Morgan fingerprint density at radius 3 is 1.58 bits per heavy atom. The number of nitrogens with zero attached hydrogens (tertiary/aromatic N) is 2. The van der Waals surface area contributed by atoms with E-state index in [1.165, 1.54) is 54.9 Å². The van der Waals surface area contributed by atoms with Crippen LogP contribution in [0.25, 0.3) is 88.8 Å². The molecule has 8 aromatic carbocycles. The van der Waals surface area contributed by atoms with Crippen LogP contribution in [0, 0.1) is 0 Å². The number of hydrogen-bond donors (Lipinski definition) is 0. The smallest absolute Gasteiger partial charge is 0.160 e. The molecule has 250 valence electrons. The Morgan fingerprint density at radius 2 is 0.868 bits per heavy atom. The summed E-state index contributed by atoms with van der Waals surface area (Å²) in [6.07, 6.45) is 0. The summed E-state index contributed by atoms with van der Waals surface area (Å²) in [5.41, 5.74) is 14.9. The number of benzene rings is 8. The molecule has 0 N–H and O–H groups in total. The summed E-state index contributed by atoms with van der Waals surface area (Å²) in [6.45, 7) is 4.72. The van der Waals surface area contributed by atoms with Gasteiger partial charge in [0.05, 0.1) is 11.4 Å². The first-order chi connectivity index (χ1) is 26.0. The number of rotatable bonds is 5. The van der Waals surface area contributed by atoms with Gasteiger partial charge in [0.1, 0.15) is 0 Å². The van der Waals surface area contributed by atoms with Crippen LogP contribution in [-0.4, -0.2) is 9.97 Å². The third-order valence-corrected chi connectivity index (χ3v) is 11.1. The predicted molar refractivity (Wildman–Crippen MR) is 222 cm³/mol. The van der Waals surface area contributed by atoms with Crippen molar-refractivity contribution in [2.45, 2.75) is 19.3 Å². The summed E-state index contributed by atoms with van der Waals surface area (Å²) in [5.74, 6) is 0.705. The number of aromatic nitrogens is 2. The van der Waals surface area contributed by atoms with Gasteiger partial charge in [0.2, 0.25) is 0 Å². The van der Waals surface area contributed by atoms with E-state index in [-0.39, 0.29) is 5.41 Å². The van der Waals surface area contributed by atoms with Gasteiger partial charge in [-0.2, -0.15) is 0 Å². The van der Waals surface area contributed by atoms with Gasteiger partial charge in [0.15, 0.2) is 5.82 Å². The minimum absolute atomic E-state index is 0.131. The molecule has 0 radical (unpaired) electrons. The molecule has 0 saturated heterocycles. The van der Waals surface area contributed by atoms with Crippen molar-refractivity contribution in [2.75, 3.05) is 0 Å². The Kier molecular flexibility index (Phi) is 7.19.